The van der Waals surface area contributed by atoms with E-state index in [4.69, 9.17) is 10.3 Å². The number of hydrogen-bond acceptors (Lipinski definition) is 5. The summed E-state index contributed by atoms with van der Waals surface area (Å²) in [5, 5.41) is 13.6. The Hall–Kier alpha value is -1.40. The lowest BCUT2D eigenvalue weighted by molar-refractivity contribution is 0.380. The van der Waals surface area contributed by atoms with E-state index in [0.29, 0.717) is 17.3 Å². The van der Waals surface area contributed by atoms with Crippen molar-refractivity contribution in [3.05, 3.63) is 28.1 Å². The van der Waals surface area contributed by atoms with E-state index >= 15 is 0 Å². The van der Waals surface area contributed by atoms with Crippen LogP contribution in [-0.4, -0.2) is 15.2 Å². The van der Waals surface area contributed by atoms with Crippen LogP contribution in [0.3, 0.4) is 0 Å². The van der Waals surface area contributed by atoms with Gasteiger partial charge in [0.1, 0.15) is 5.75 Å². The average Bonchev–Trinajstić information content (AvgIpc) is 2.73. The average molecular weight is 284 g/mol. The monoisotopic (exact) mass is 283 g/mol. The Morgan fingerprint density at radius 2 is 2.25 bits per heavy atom. The summed E-state index contributed by atoms with van der Waals surface area (Å²) in [6, 6.07) is 3.34. The van der Waals surface area contributed by atoms with Crippen LogP contribution in [0.1, 0.15) is 11.5 Å². The normalized spacial score (nSPS) is 10.7. The summed E-state index contributed by atoms with van der Waals surface area (Å²) in [5.74, 6) is 0.801. The topological polar surface area (TPSA) is 85.2 Å². The van der Waals surface area contributed by atoms with E-state index in [0.717, 1.165) is 10.0 Å². The highest BCUT2D eigenvalue weighted by atomic mass is 79.9. The van der Waals surface area contributed by atoms with Gasteiger partial charge in [-0.2, -0.15) is 4.98 Å². The number of aromatic nitrogens is 2. The van der Waals surface area contributed by atoms with E-state index in [2.05, 4.69) is 26.1 Å². The van der Waals surface area contributed by atoms with E-state index in [1.54, 1.807) is 12.1 Å². The Morgan fingerprint density at radius 1 is 1.50 bits per heavy atom. The number of phenols is 1. The van der Waals surface area contributed by atoms with Crippen LogP contribution in [0.5, 0.6) is 5.75 Å². The van der Waals surface area contributed by atoms with Gasteiger partial charge in [0.05, 0.1) is 12.1 Å². The highest BCUT2D eigenvalue weighted by Crippen LogP contribution is 2.34. The number of nitrogens with two attached hydrogens (primary N) is 1. The predicted molar refractivity (Wildman–Crippen MR) is 61.7 cm³/mol. The molecule has 0 atom stereocenters. The fourth-order valence-corrected chi connectivity index (χ4v) is 1.72. The smallest absolute Gasteiger partial charge is 0.240 e. The maximum atomic E-state index is 9.78. The van der Waals surface area contributed by atoms with Crippen molar-refractivity contribution in [3.8, 4) is 17.1 Å². The van der Waals surface area contributed by atoms with Gasteiger partial charge in [0.25, 0.3) is 0 Å². The van der Waals surface area contributed by atoms with Gasteiger partial charge in [0.2, 0.25) is 11.7 Å². The second kappa shape index (κ2) is 4.23. The van der Waals surface area contributed by atoms with Crippen molar-refractivity contribution in [1.82, 2.24) is 10.1 Å². The van der Waals surface area contributed by atoms with Crippen molar-refractivity contribution in [2.45, 2.75) is 13.5 Å². The summed E-state index contributed by atoms with van der Waals surface area (Å²) in [4.78, 5) is 4.08. The lowest BCUT2D eigenvalue weighted by atomic mass is 10.1. The Morgan fingerprint density at radius 3 is 2.88 bits per heavy atom. The number of halogens is 1. The molecule has 1 aromatic heterocycles. The Labute approximate surface area is 100 Å². The minimum atomic E-state index is 0.116. The Balaban J connectivity index is 2.58. The highest BCUT2D eigenvalue weighted by Gasteiger charge is 2.16. The lowest BCUT2D eigenvalue weighted by Crippen LogP contribution is -1.96. The van der Waals surface area contributed by atoms with Gasteiger partial charge >= 0.3 is 0 Å². The molecule has 5 nitrogen and oxygen atoms in total. The molecular formula is C10H10BrN3O2. The van der Waals surface area contributed by atoms with E-state index < -0.39 is 0 Å². The first-order valence-electron chi connectivity index (χ1n) is 4.64. The minimum absolute atomic E-state index is 0.116. The molecule has 16 heavy (non-hydrogen) atoms. The van der Waals surface area contributed by atoms with Crippen LogP contribution in [0.15, 0.2) is 21.1 Å². The van der Waals surface area contributed by atoms with Gasteiger partial charge in [-0.15, -0.1) is 0 Å². The third kappa shape index (κ3) is 1.81. The van der Waals surface area contributed by atoms with Gasteiger partial charge in [-0.3, -0.25) is 0 Å². The molecule has 6 heteroatoms. The summed E-state index contributed by atoms with van der Waals surface area (Å²) < 4.78 is 5.78. The zero-order chi connectivity index (χ0) is 11.7. The quantitative estimate of drug-likeness (QED) is 0.880. The van der Waals surface area contributed by atoms with E-state index in [1.165, 1.54) is 0 Å². The molecule has 3 N–H and O–H groups in total. The van der Waals surface area contributed by atoms with Crippen LogP contribution in [0.25, 0.3) is 11.4 Å². The van der Waals surface area contributed by atoms with Crippen LogP contribution in [-0.2, 0) is 6.54 Å². The molecule has 0 aliphatic carbocycles. The molecular weight excluding hydrogens is 274 g/mol. The Kier molecular flexibility index (Phi) is 2.93. The van der Waals surface area contributed by atoms with E-state index in [9.17, 15) is 5.11 Å². The molecule has 84 valence electrons. The summed E-state index contributed by atoms with van der Waals surface area (Å²) in [7, 11) is 0. The molecule has 2 rings (SSSR count). The zero-order valence-corrected chi connectivity index (χ0v) is 10.2. The maximum absolute atomic E-state index is 9.78. The molecule has 0 amide bonds. The summed E-state index contributed by atoms with van der Waals surface area (Å²) >= 11 is 3.38. The first kappa shape index (κ1) is 11.1. The van der Waals surface area contributed by atoms with Crippen LogP contribution >= 0.6 is 15.9 Å². The molecule has 0 aliphatic rings. The fraction of sp³-hybridized carbons (Fsp3) is 0.200. The Bertz CT molecular complexity index is 525. The van der Waals surface area contributed by atoms with Crippen molar-refractivity contribution in [2.24, 2.45) is 5.73 Å². The number of benzene rings is 1. The second-order valence-electron chi connectivity index (χ2n) is 3.28. The summed E-state index contributed by atoms with van der Waals surface area (Å²) in [5.41, 5.74) is 6.78. The van der Waals surface area contributed by atoms with Crippen LogP contribution in [0.4, 0.5) is 0 Å². The number of aromatic hydroxyl groups is 1. The molecule has 1 heterocycles. The van der Waals surface area contributed by atoms with E-state index in [1.807, 2.05) is 6.92 Å². The summed E-state index contributed by atoms with van der Waals surface area (Å²) in [6.07, 6.45) is 0. The van der Waals surface area contributed by atoms with Gasteiger partial charge < -0.3 is 15.4 Å². The van der Waals surface area contributed by atoms with Crippen molar-refractivity contribution in [1.29, 1.82) is 0 Å². The number of rotatable bonds is 2. The molecule has 0 bridgehead atoms. The van der Waals surface area contributed by atoms with Crippen molar-refractivity contribution in [2.75, 3.05) is 0 Å². The number of nitrogens with zero attached hydrogens (tertiary/aromatic N) is 2. The molecule has 1 aromatic carbocycles. The van der Waals surface area contributed by atoms with Gasteiger partial charge in [-0.1, -0.05) is 21.1 Å². The third-order valence-electron chi connectivity index (χ3n) is 2.24. The maximum Gasteiger partial charge on any atom is 0.240 e. The first-order chi connectivity index (χ1) is 7.63. The SMILES string of the molecule is Cc1c(Br)ccc(O)c1-c1noc(CN)n1. The van der Waals surface area contributed by atoms with Crippen LogP contribution < -0.4 is 5.73 Å². The standard InChI is InChI=1S/C10H10BrN3O2/c1-5-6(11)2-3-7(15)9(5)10-13-8(4-12)16-14-10/h2-3,15H,4,12H2,1H3. The number of phenolic OH excluding ortho intramolecular Hbond substituents is 1. The predicted octanol–water partition coefficient (Wildman–Crippen LogP) is 1.97. The van der Waals surface area contributed by atoms with Crippen molar-refractivity contribution < 1.29 is 9.63 Å². The molecule has 0 unspecified atom stereocenters. The molecule has 0 aliphatic heterocycles. The van der Waals surface area contributed by atoms with Gasteiger partial charge in [0, 0.05) is 4.47 Å². The van der Waals surface area contributed by atoms with E-state index in [-0.39, 0.29) is 12.3 Å². The molecule has 0 saturated heterocycles. The van der Waals surface area contributed by atoms with Gasteiger partial charge in [-0.25, -0.2) is 0 Å². The molecule has 0 spiro atoms. The van der Waals surface area contributed by atoms with Gasteiger partial charge in [0.15, 0.2) is 0 Å². The third-order valence-corrected chi connectivity index (χ3v) is 3.10. The molecule has 0 fully saturated rings. The summed E-state index contributed by atoms with van der Waals surface area (Å²) in [6.45, 7) is 2.04. The van der Waals surface area contributed by atoms with Crippen LogP contribution in [0, 0.1) is 6.92 Å². The number of hydrogen-bond donors (Lipinski definition) is 2. The largest absolute Gasteiger partial charge is 0.507 e. The highest BCUT2D eigenvalue weighted by molar-refractivity contribution is 9.10. The minimum Gasteiger partial charge on any atom is -0.507 e. The van der Waals surface area contributed by atoms with Crippen molar-refractivity contribution >= 4 is 15.9 Å². The molecule has 0 radical (unpaired) electrons. The van der Waals surface area contributed by atoms with Gasteiger partial charge in [-0.05, 0) is 24.6 Å². The fourth-order valence-electron chi connectivity index (χ4n) is 1.39. The molecule has 2 aromatic rings. The zero-order valence-electron chi connectivity index (χ0n) is 8.57. The first-order valence-corrected chi connectivity index (χ1v) is 5.44. The lowest BCUT2D eigenvalue weighted by Gasteiger charge is -2.05. The second-order valence-corrected chi connectivity index (χ2v) is 4.14. The van der Waals surface area contributed by atoms with Crippen LogP contribution in [0.2, 0.25) is 0 Å². The molecule has 0 saturated carbocycles. The van der Waals surface area contributed by atoms with Crippen molar-refractivity contribution in [3.63, 3.8) is 0 Å².